The quantitative estimate of drug-likeness (QED) is 0.735. The maximum atomic E-state index is 10.3. The van der Waals surface area contributed by atoms with Crippen molar-refractivity contribution < 1.29 is 10.2 Å². The highest BCUT2D eigenvalue weighted by Gasteiger charge is 2.41. The molecule has 3 rings (SSSR count). The second-order valence-corrected chi connectivity index (χ2v) is 6.71. The van der Waals surface area contributed by atoms with Gasteiger partial charge in [-0.15, -0.1) is 0 Å². The second-order valence-electron chi connectivity index (χ2n) is 6.71. The molecule has 2 heterocycles. The summed E-state index contributed by atoms with van der Waals surface area (Å²) in [7, 11) is 0. The average Bonchev–Trinajstić information content (AvgIpc) is 3.04. The van der Waals surface area contributed by atoms with E-state index in [1.54, 1.807) is 4.68 Å². The largest absolute Gasteiger partial charge is 0.396 e. The van der Waals surface area contributed by atoms with Crippen molar-refractivity contribution in [3.63, 3.8) is 0 Å². The van der Waals surface area contributed by atoms with Gasteiger partial charge in [0.1, 0.15) is 0 Å². The zero-order valence-corrected chi connectivity index (χ0v) is 12.9. The number of hydrogen-bond acceptors (Lipinski definition) is 5. The van der Waals surface area contributed by atoms with Crippen LogP contribution in [0, 0.1) is 25.7 Å². The maximum absolute atomic E-state index is 10.3. The monoisotopic (exact) mass is 294 g/mol. The number of nitrogens with two attached hydrogens (primary N) is 1. The summed E-state index contributed by atoms with van der Waals surface area (Å²) in [5.74, 6) is 1.01. The van der Waals surface area contributed by atoms with E-state index in [1.807, 2.05) is 13.8 Å². The molecule has 1 aromatic rings. The first-order valence-corrected chi connectivity index (χ1v) is 7.83. The molecule has 0 amide bonds. The van der Waals surface area contributed by atoms with Crippen LogP contribution in [0.2, 0.25) is 0 Å². The number of hydrogen-bond donors (Lipinski definition) is 3. The molecule has 0 aromatic carbocycles. The fraction of sp³-hybridized carbons (Fsp3) is 0.800. The molecule has 1 aliphatic heterocycles. The minimum atomic E-state index is -0.460. The molecule has 6 nitrogen and oxygen atoms in total. The van der Waals surface area contributed by atoms with Crippen molar-refractivity contribution in [3.05, 3.63) is 11.4 Å². The molecular weight excluding hydrogens is 268 g/mol. The van der Waals surface area contributed by atoms with Gasteiger partial charge in [0.15, 0.2) is 0 Å². The van der Waals surface area contributed by atoms with E-state index in [4.69, 9.17) is 5.73 Å². The van der Waals surface area contributed by atoms with Gasteiger partial charge < -0.3 is 20.8 Å². The molecule has 4 N–H and O–H groups in total. The fourth-order valence-electron chi connectivity index (χ4n) is 3.92. The van der Waals surface area contributed by atoms with Crippen LogP contribution in [0.5, 0.6) is 0 Å². The Morgan fingerprint density at radius 1 is 1.29 bits per heavy atom. The Balaban J connectivity index is 1.55. The van der Waals surface area contributed by atoms with Crippen molar-refractivity contribution in [1.29, 1.82) is 0 Å². The number of aliphatic hydroxyl groups excluding tert-OH is 2. The van der Waals surface area contributed by atoms with Crippen LogP contribution in [-0.2, 0) is 6.54 Å². The number of rotatable bonds is 4. The minimum absolute atomic E-state index is 0.145. The molecule has 2 fully saturated rings. The lowest BCUT2D eigenvalue weighted by molar-refractivity contribution is 0.0892. The highest BCUT2D eigenvalue weighted by Crippen LogP contribution is 2.38. The summed E-state index contributed by atoms with van der Waals surface area (Å²) in [6.07, 6.45) is 1.45. The first kappa shape index (κ1) is 14.8. The number of nitrogens with zero attached hydrogens (tertiary/aromatic N) is 3. The molecule has 0 bridgehead atoms. The molecule has 2 aliphatic rings. The molecule has 118 valence electrons. The smallest absolute Gasteiger partial charge is 0.0862 e. The first-order valence-electron chi connectivity index (χ1n) is 7.83. The number of anilines is 1. The summed E-state index contributed by atoms with van der Waals surface area (Å²) in [4.78, 5) is 2.28. The van der Waals surface area contributed by atoms with Crippen molar-refractivity contribution in [2.45, 2.75) is 45.4 Å². The number of aryl methyl sites for hydroxylation is 1. The molecular formula is C15H26N4O2. The SMILES string of the molecule is Cc1nn(CC(O)CN2CC3CCC(O)C3C2)c(C)c1N. The van der Waals surface area contributed by atoms with Crippen LogP contribution < -0.4 is 5.73 Å². The van der Waals surface area contributed by atoms with Crippen molar-refractivity contribution in [2.75, 3.05) is 25.4 Å². The van der Waals surface area contributed by atoms with Gasteiger partial charge in [0.2, 0.25) is 0 Å². The van der Waals surface area contributed by atoms with E-state index in [9.17, 15) is 10.2 Å². The van der Waals surface area contributed by atoms with Crippen LogP contribution in [0.3, 0.4) is 0 Å². The number of β-amino-alcohol motifs (C(OH)–C–C–N with tert-alkyl or cyclic N) is 1. The van der Waals surface area contributed by atoms with E-state index in [2.05, 4.69) is 10.00 Å². The van der Waals surface area contributed by atoms with Gasteiger partial charge in [0.25, 0.3) is 0 Å². The highest BCUT2D eigenvalue weighted by molar-refractivity contribution is 5.46. The van der Waals surface area contributed by atoms with Gasteiger partial charge in [-0.1, -0.05) is 0 Å². The lowest BCUT2D eigenvalue weighted by atomic mass is 10.00. The zero-order valence-electron chi connectivity index (χ0n) is 12.9. The third-order valence-electron chi connectivity index (χ3n) is 5.18. The van der Waals surface area contributed by atoms with Gasteiger partial charge in [-0.25, -0.2) is 0 Å². The second kappa shape index (κ2) is 5.59. The van der Waals surface area contributed by atoms with Gasteiger partial charge in [0, 0.05) is 25.6 Å². The predicted octanol–water partition coefficient (Wildman–Crippen LogP) is 0.146. The van der Waals surface area contributed by atoms with Crippen molar-refractivity contribution in [3.8, 4) is 0 Å². The Hall–Kier alpha value is -1.11. The molecule has 4 unspecified atom stereocenters. The zero-order chi connectivity index (χ0) is 15.1. The summed E-state index contributed by atoms with van der Waals surface area (Å²) >= 11 is 0. The fourth-order valence-corrected chi connectivity index (χ4v) is 3.92. The van der Waals surface area contributed by atoms with Gasteiger partial charge in [-0.3, -0.25) is 4.68 Å². The van der Waals surface area contributed by atoms with Gasteiger partial charge in [-0.05, 0) is 32.6 Å². The summed E-state index contributed by atoms with van der Waals surface area (Å²) in [6, 6.07) is 0. The van der Waals surface area contributed by atoms with Crippen LogP contribution in [0.15, 0.2) is 0 Å². The van der Waals surface area contributed by atoms with E-state index in [0.29, 0.717) is 30.6 Å². The molecule has 0 spiro atoms. The van der Waals surface area contributed by atoms with E-state index >= 15 is 0 Å². The van der Waals surface area contributed by atoms with Gasteiger partial charge in [0.05, 0.1) is 35.8 Å². The van der Waals surface area contributed by atoms with Crippen LogP contribution in [0.1, 0.15) is 24.2 Å². The molecule has 1 aliphatic carbocycles. The lowest BCUT2D eigenvalue weighted by Gasteiger charge is -2.21. The minimum Gasteiger partial charge on any atom is -0.396 e. The van der Waals surface area contributed by atoms with Crippen LogP contribution >= 0.6 is 0 Å². The van der Waals surface area contributed by atoms with E-state index in [0.717, 1.165) is 37.3 Å². The Morgan fingerprint density at radius 2 is 2.05 bits per heavy atom. The number of fused-ring (bicyclic) bond motifs is 1. The number of likely N-dealkylation sites (tertiary alicyclic amines) is 1. The van der Waals surface area contributed by atoms with Crippen LogP contribution in [0.25, 0.3) is 0 Å². The third kappa shape index (κ3) is 2.80. The standard InChI is InChI=1S/C15H26N4O2/c1-9-15(16)10(2)19(17-9)7-12(20)6-18-5-11-3-4-14(21)13(11)8-18/h11-14,20-21H,3-8,16H2,1-2H3. The summed E-state index contributed by atoms with van der Waals surface area (Å²) < 4.78 is 1.79. The summed E-state index contributed by atoms with van der Waals surface area (Å²) in [6.45, 7) is 6.82. The van der Waals surface area contributed by atoms with Crippen molar-refractivity contribution >= 4 is 5.69 Å². The number of nitrogen functional groups attached to an aromatic ring is 1. The van der Waals surface area contributed by atoms with Crippen LogP contribution in [-0.4, -0.2) is 56.7 Å². The Labute approximate surface area is 125 Å². The molecule has 4 atom stereocenters. The summed E-state index contributed by atoms with van der Waals surface area (Å²) in [5, 5.41) is 24.6. The normalized spacial score (nSPS) is 30.8. The Kier molecular flexibility index (Phi) is 3.94. The average molecular weight is 294 g/mol. The first-order chi connectivity index (χ1) is 9.95. The van der Waals surface area contributed by atoms with E-state index in [1.165, 1.54) is 0 Å². The maximum Gasteiger partial charge on any atom is 0.0862 e. The van der Waals surface area contributed by atoms with Crippen LogP contribution in [0.4, 0.5) is 5.69 Å². The molecule has 6 heteroatoms. The predicted molar refractivity (Wildman–Crippen MR) is 80.8 cm³/mol. The third-order valence-corrected chi connectivity index (χ3v) is 5.18. The van der Waals surface area contributed by atoms with Crippen molar-refractivity contribution in [1.82, 2.24) is 14.7 Å². The van der Waals surface area contributed by atoms with Crippen molar-refractivity contribution in [2.24, 2.45) is 11.8 Å². The van der Waals surface area contributed by atoms with E-state index in [-0.39, 0.29) is 6.10 Å². The molecule has 1 saturated carbocycles. The lowest BCUT2D eigenvalue weighted by Crippen LogP contribution is -2.35. The van der Waals surface area contributed by atoms with Gasteiger partial charge >= 0.3 is 0 Å². The van der Waals surface area contributed by atoms with Gasteiger partial charge in [-0.2, -0.15) is 5.10 Å². The molecule has 1 aromatic heterocycles. The Bertz CT molecular complexity index is 516. The molecule has 1 saturated heterocycles. The molecule has 0 radical (unpaired) electrons. The highest BCUT2D eigenvalue weighted by atomic mass is 16.3. The topological polar surface area (TPSA) is 87.5 Å². The summed E-state index contributed by atoms with van der Waals surface area (Å²) in [5.41, 5.74) is 8.36. The van der Waals surface area contributed by atoms with E-state index < -0.39 is 6.10 Å². The number of aromatic nitrogens is 2. The molecule has 21 heavy (non-hydrogen) atoms. The Morgan fingerprint density at radius 3 is 2.67 bits per heavy atom. The number of aliphatic hydroxyl groups is 2.